The van der Waals surface area contributed by atoms with Crippen molar-refractivity contribution in [3.63, 3.8) is 0 Å². The van der Waals surface area contributed by atoms with Crippen molar-refractivity contribution in [2.45, 2.75) is 58.4 Å². The summed E-state index contributed by atoms with van der Waals surface area (Å²) in [5, 5.41) is 2.19. The minimum atomic E-state index is -0.408. The first-order valence-electron chi connectivity index (χ1n) is 9.97. The van der Waals surface area contributed by atoms with Crippen molar-refractivity contribution < 1.29 is 9.53 Å². The molecule has 0 atom stereocenters. The van der Waals surface area contributed by atoms with Crippen molar-refractivity contribution in [2.24, 2.45) is 0 Å². The number of rotatable bonds is 8. The fraction of sp³-hybridized carbons (Fsp3) is 0.435. The third-order valence-electron chi connectivity index (χ3n) is 5.11. The Kier molecular flexibility index (Phi) is 6.17. The van der Waals surface area contributed by atoms with Gasteiger partial charge in [0.15, 0.2) is 0 Å². The van der Waals surface area contributed by atoms with Crippen LogP contribution in [-0.2, 0) is 4.79 Å². The first kappa shape index (κ1) is 19.4. The van der Waals surface area contributed by atoms with Gasteiger partial charge in [-0.2, -0.15) is 0 Å². The molecule has 0 saturated carbocycles. The summed E-state index contributed by atoms with van der Waals surface area (Å²) in [6, 6.07) is 12.3. The van der Waals surface area contributed by atoms with Crippen LogP contribution in [0.15, 0.2) is 42.0 Å². The van der Waals surface area contributed by atoms with E-state index in [2.05, 4.69) is 29.9 Å². The maximum Gasteiger partial charge on any atom is 0.263 e. The number of carbonyl (C=O) groups excluding carboxylic acids is 1. The van der Waals surface area contributed by atoms with Crippen LogP contribution in [0.4, 0.5) is 0 Å². The van der Waals surface area contributed by atoms with E-state index in [9.17, 15) is 4.79 Å². The minimum Gasteiger partial charge on any atom is -0.493 e. The molecule has 1 fully saturated rings. The minimum absolute atomic E-state index is 0.0775. The van der Waals surface area contributed by atoms with Crippen LogP contribution in [0, 0.1) is 0 Å². The lowest BCUT2D eigenvalue weighted by atomic mass is 9.92. The molecule has 2 aromatic rings. The predicted molar refractivity (Wildman–Crippen MR) is 112 cm³/mol. The molecule has 1 saturated heterocycles. The smallest absolute Gasteiger partial charge is 0.263 e. The van der Waals surface area contributed by atoms with E-state index in [0.717, 1.165) is 40.7 Å². The van der Waals surface area contributed by atoms with Crippen LogP contribution < -0.4 is 15.6 Å². The molecule has 1 aliphatic rings. The van der Waals surface area contributed by atoms with E-state index in [0.29, 0.717) is 0 Å². The van der Waals surface area contributed by atoms with E-state index in [1.165, 1.54) is 25.7 Å². The summed E-state index contributed by atoms with van der Waals surface area (Å²) < 4.78 is 6.14. The quantitative estimate of drug-likeness (QED) is 0.511. The molecule has 0 unspecified atom stereocenters. The zero-order valence-corrected chi connectivity index (χ0v) is 16.6. The number of fused-ring (bicyclic) bond motifs is 1. The van der Waals surface area contributed by atoms with Crippen LogP contribution in [0.25, 0.3) is 16.8 Å². The van der Waals surface area contributed by atoms with Crippen LogP contribution in [0.2, 0.25) is 0 Å². The zero-order valence-electron chi connectivity index (χ0n) is 16.6. The average molecular weight is 367 g/mol. The topological polar surface area (TPSA) is 50.4 Å². The van der Waals surface area contributed by atoms with E-state index in [1.807, 2.05) is 44.2 Å². The maximum atomic E-state index is 12.2. The summed E-state index contributed by atoms with van der Waals surface area (Å²) in [6.45, 7) is 6.94. The number of hydrogen-bond donors (Lipinski definition) is 2. The van der Waals surface area contributed by atoms with Crippen molar-refractivity contribution in [1.29, 1.82) is 0 Å². The molecule has 2 aromatic carbocycles. The highest BCUT2D eigenvalue weighted by atomic mass is 16.5. The number of unbranched alkanes of at least 4 members (excludes halogenated alkanes) is 4. The number of hydrazine groups is 1. The number of hydrogen-bond acceptors (Lipinski definition) is 3. The van der Waals surface area contributed by atoms with Gasteiger partial charge in [0.05, 0.1) is 12.1 Å². The Morgan fingerprint density at radius 2 is 1.78 bits per heavy atom. The van der Waals surface area contributed by atoms with Crippen molar-refractivity contribution >= 4 is 22.8 Å². The summed E-state index contributed by atoms with van der Waals surface area (Å²) in [7, 11) is 0. The molecule has 1 amide bonds. The molecule has 0 aromatic heterocycles. The summed E-state index contributed by atoms with van der Waals surface area (Å²) >= 11 is 0. The Morgan fingerprint density at radius 1 is 1.04 bits per heavy atom. The van der Waals surface area contributed by atoms with E-state index < -0.39 is 5.54 Å². The molecule has 3 rings (SSSR count). The van der Waals surface area contributed by atoms with Gasteiger partial charge in [0, 0.05) is 11.0 Å². The first-order valence-corrected chi connectivity index (χ1v) is 9.97. The predicted octanol–water partition coefficient (Wildman–Crippen LogP) is 4.99. The van der Waals surface area contributed by atoms with Crippen molar-refractivity contribution in [2.75, 3.05) is 6.61 Å². The number of nitrogens with one attached hydrogen (secondary N) is 2. The van der Waals surface area contributed by atoms with E-state index in [4.69, 9.17) is 4.74 Å². The molecule has 1 aliphatic heterocycles. The lowest BCUT2D eigenvalue weighted by molar-refractivity contribution is -0.116. The zero-order chi connectivity index (χ0) is 19.3. The van der Waals surface area contributed by atoms with Gasteiger partial charge in [0.1, 0.15) is 5.75 Å². The van der Waals surface area contributed by atoms with Gasteiger partial charge in [-0.05, 0) is 43.4 Å². The average Bonchev–Trinajstić information content (AvgIpc) is 2.91. The monoisotopic (exact) mass is 366 g/mol. The van der Waals surface area contributed by atoms with Gasteiger partial charge in [0.2, 0.25) is 0 Å². The Balaban J connectivity index is 1.87. The third kappa shape index (κ3) is 4.51. The highest BCUT2D eigenvalue weighted by Gasteiger charge is 2.35. The number of carbonyl (C=O) groups is 1. The van der Waals surface area contributed by atoms with E-state index >= 15 is 0 Å². The number of ether oxygens (including phenoxy) is 1. The second-order valence-electron chi connectivity index (χ2n) is 7.73. The van der Waals surface area contributed by atoms with Gasteiger partial charge in [-0.15, -0.1) is 0 Å². The highest BCUT2D eigenvalue weighted by Crippen LogP contribution is 2.32. The second-order valence-corrected chi connectivity index (χ2v) is 7.73. The summed E-state index contributed by atoms with van der Waals surface area (Å²) in [5.41, 5.74) is 7.08. The largest absolute Gasteiger partial charge is 0.493 e. The Morgan fingerprint density at radius 3 is 2.48 bits per heavy atom. The SMILES string of the molecule is CCCCCCCOc1cccc2cccc(/C=C3\C(=O)NNC3(C)C)c12. The van der Waals surface area contributed by atoms with Crippen LogP contribution in [0.5, 0.6) is 5.75 Å². The number of amides is 1. The number of benzene rings is 2. The third-order valence-corrected chi connectivity index (χ3v) is 5.11. The molecule has 27 heavy (non-hydrogen) atoms. The lowest BCUT2D eigenvalue weighted by Crippen LogP contribution is -2.38. The standard InChI is InChI=1S/C23H30N2O2/c1-4-5-6-7-8-15-27-20-14-10-12-17-11-9-13-18(21(17)20)16-19-22(26)24-25-23(19,2)3/h9-14,16,25H,4-8,15H2,1-3H3,(H,24,26)/b19-16+. The van der Waals surface area contributed by atoms with Crippen LogP contribution >= 0.6 is 0 Å². The van der Waals surface area contributed by atoms with Crippen LogP contribution in [-0.4, -0.2) is 18.1 Å². The van der Waals surface area contributed by atoms with Crippen LogP contribution in [0.1, 0.15) is 58.4 Å². The van der Waals surface area contributed by atoms with Crippen molar-refractivity contribution in [1.82, 2.24) is 10.9 Å². The van der Waals surface area contributed by atoms with Crippen LogP contribution in [0.3, 0.4) is 0 Å². The maximum absolute atomic E-state index is 12.2. The van der Waals surface area contributed by atoms with Crippen molar-refractivity contribution in [3.8, 4) is 5.75 Å². The van der Waals surface area contributed by atoms with E-state index in [1.54, 1.807) is 0 Å². The molecule has 0 radical (unpaired) electrons. The Bertz CT molecular complexity index is 834. The van der Waals surface area contributed by atoms with Gasteiger partial charge in [-0.1, -0.05) is 62.9 Å². The Labute approximate surface area is 162 Å². The molecule has 0 spiro atoms. The molecule has 4 heteroatoms. The second kappa shape index (κ2) is 8.57. The molecule has 0 bridgehead atoms. The molecule has 4 nitrogen and oxygen atoms in total. The van der Waals surface area contributed by atoms with Gasteiger partial charge >= 0.3 is 0 Å². The van der Waals surface area contributed by atoms with Crippen molar-refractivity contribution in [3.05, 3.63) is 47.5 Å². The molecule has 1 heterocycles. The van der Waals surface area contributed by atoms with E-state index in [-0.39, 0.29) is 5.91 Å². The summed E-state index contributed by atoms with van der Waals surface area (Å²) in [6.07, 6.45) is 8.06. The first-order chi connectivity index (χ1) is 13.0. The molecule has 144 valence electrons. The normalized spacial score (nSPS) is 17.4. The molecule has 2 N–H and O–H groups in total. The molecule has 0 aliphatic carbocycles. The lowest BCUT2D eigenvalue weighted by Gasteiger charge is -2.18. The highest BCUT2D eigenvalue weighted by molar-refractivity contribution is 6.05. The fourth-order valence-corrected chi connectivity index (χ4v) is 3.50. The van der Waals surface area contributed by atoms with Gasteiger partial charge in [-0.3, -0.25) is 10.2 Å². The fourth-order valence-electron chi connectivity index (χ4n) is 3.50. The van der Waals surface area contributed by atoms with Gasteiger partial charge < -0.3 is 4.74 Å². The Hall–Kier alpha value is -2.33. The molecular weight excluding hydrogens is 336 g/mol. The molecular formula is C23H30N2O2. The summed E-state index contributed by atoms with van der Waals surface area (Å²) in [4.78, 5) is 12.2. The summed E-state index contributed by atoms with van der Waals surface area (Å²) in [5.74, 6) is 0.811. The van der Waals surface area contributed by atoms with Gasteiger partial charge in [-0.25, -0.2) is 5.43 Å². The van der Waals surface area contributed by atoms with Gasteiger partial charge in [0.25, 0.3) is 5.91 Å².